The summed E-state index contributed by atoms with van der Waals surface area (Å²) in [4.78, 5) is 17.9. The first-order valence-electron chi connectivity index (χ1n) is 7.15. The van der Waals surface area contributed by atoms with Gasteiger partial charge >= 0.3 is 0 Å². The summed E-state index contributed by atoms with van der Waals surface area (Å²) in [5, 5.41) is 3.45. The number of nitrogens with zero attached hydrogens (tertiary/aromatic N) is 1. The SMILES string of the molecule is COc1cccc(C(=O)Nc2nc(-c3ccccc3)c(C)s2)c1. The van der Waals surface area contributed by atoms with Gasteiger partial charge in [-0.05, 0) is 25.1 Å². The number of aryl methyl sites for hydroxylation is 1. The maximum absolute atomic E-state index is 12.3. The van der Waals surface area contributed by atoms with Gasteiger partial charge in [0.1, 0.15) is 5.75 Å². The van der Waals surface area contributed by atoms with Crippen molar-refractivity contribution in [2.24, 2.45) is 0 Å². The minimum atomic E-state index is -0.197. The summed E-state index contributed by atoms with van der Waals surface area (Å²) < 4.78 is 5.14. The van der Waals surface area contributed by atoms with Gasteiger partial charge in [0, 0.05) is 16.0 Å². The standard InChI is InChI=1S/C18H16N2O2S/c1-12-16(13-7-4-3-5-8-13)19-18(23-12)20-17(21)14-9-6-10-15(11-14)22-2/h3-11H,1-2H3,(H,19,20,21). The minimum Gasteiger partial charge on any atom is -0.497 e. The fourth-order valence-corrected chi connectivity index (χ4v) is 3.08. The first-order valence-corrected chi connectivity index (χ1v) is 7.97. The van der Waals surface area contributed by atoms with Gasteiger partial charge < -0.3 is 4.74 Å². The van der Waals surface area contributed by atoms with Crippen LogP contribution in [0.25, 0.3) is 11.3 Å². The number of carbonyl (C=O) groups is 1. The van der Waals surface area contributed by atoms with Gasteiger partial charge in [-0.3, -0.25) is 10.1 Å². The number of hydrogen-bond acceptors (Lipinski definition) is 4. The number of thiazole rings is 1. The molecule has 0 saturated carbocycles. The van der Waals surface area contributed by atoms with Gasteiger partial charge in [-0.25, -0.2) is 4.98 Å². The van der Waals surface area contributed by atoms with Crippen LogP contribution in [0.2, 0.25) is 0 Å². The molecule has 1 aromatic heterocycles. The number of methoxy groups -OCH3 is 1. The zero-order valence-electron chi connectivity index (χ0n) is 12.9. The molecule has 4 nitrogen and oxygen atoms in total. The average Bonchev–Trinajstić information content (AvgIpc) is 2.96. The van der Waals surface area contributed by atoms with Crippen LogP contribution in [-0.2, 0) is 0 Å². The molecule has 3 aromatic rings. The molecule has 116 valence electrons. The van der Waals surface area contributed by atoms with E-state index in [1.807, 2.05) is 37.3 Å². The van der Waals surface area contributed by atoms with E-state index in [0.717, 1.165) is 16.1 Å². The summed E-state index contributed by atoms with van der Waals surface area (Å²) in [6, 6.07) is 17.0. The maximum Gasteiger partial charge on any atom is 0.257 e. The Morgan fingerprint density at radius 1 is 1.13 bits per heavy atom. The molecule has 3 rings (SSSR count). The molecular formula is C18H16N2O2S. The van der Waals surface area contributed by atoms with Crippen molar-refractivity contribution in [2.45, 2.75) is 6.92 Å². The van der Waals surface area contributed by atoms with Crippen LogP contribution in [0.1, 0.15) is 15.2 Å². The molecule has 0 saturated heterocycles. The number of amides is 1. The Morgan fingerprint density at radius 2 is 1.91 bits per heavy atom. The van der Waals surface area contributed by atoms with Gasteiger partial charge in [-0.15, -0.1) is 11.3 Å². The first kappa shape index (κ1) is 15.2. The molecule has 0 aliphatic carbocycles. The van der Waals surface area contributed by atoms with Gasteiger partial charge in [0.15, 0.2) is 5.13 Å². The van der Waals surface area contributed by atoms with Crippen molar-refractivity contribution >= 4 is 22.4 Å². The van der Waals surface area contributed by atoms with E-state index in [4.69, 9.17) is 4.74 Å². The van der Waals surface area contributed by atoms with Crippen LogP contribution in [0.15, 0.2) is 54.6 Å². The monoisotopic (exact) mass is 324 g/mol. The Kier molecular flexibility index (Phi) is 4.39. The zero-order chi connectivity index (χ0) is 16.2. The van der Waals surface area contributed by atoms with Gasteiger partial charge in [0.25, 0.3) is 5.91 Å². The van der Waals surface area contributed by atoms with Gasteiger partial charge in [0.2, 0.25) is 0 Å². The smallest absolute Gasteiger partial charge is 0.257 e. The number of aromatic nitrogens is 1. The highest BCUT2D eigenvalue weighted by atomic mass is 32.1. The molecule has 0 atom stereocenters. The normalized spacial score (nSPS) is 10.3. The second-order valence-electron chi connectivity index (χ2n) is 4.98. The minimum absolute atomic E-state index is 0.197. The van der Waals surface area contributed by atoms with E-state index in [-0.39, 0.29) is 5.91 Å². The molecule has 0 radical (unpaired) electrons. The van der Waals surface area contributed by atoms with Crippen LogP contribution in [0, 0.1) is 6.92 Å². The third-order valence-corrected chi connectivity index (χ3v) is 4.28. The molecule has 0 unspecified atom stereocenters. The van der Waals surface area contributed by atoms with E-state index in [1.165, 1.54) is 11.3 Å². The summed E-state index contributed by atoms with van der Waals surface area (Å²) in [7, 11) is 1.58. The number of rotatable bonds is 4. The highest BCUT2D eigenvalue weighted by Crippen LogP contribution is 2.30. The topological polar surface area (TPSA) is 51.2 Å². The van der Waals surface area contributed by atoms with Crippen molar-refractivity contribution in [3.63, 3.8) is 0 Å². The lowest BCUT2D eigenvalue weighted by Crippen LogP contribution is -2.11. The summed E-state index contributed by atoms with van der Waals surface area (Å²) in [5.74, 6) is 0.454. The average molecular weight is 324 g/mol. The molecule has 1 N–H and O–H groups in total. The summed E-state index contributed by atoms with van der Waals surface area (Å²) in [6.07, 6.45) is 0. The third kappa shape index (κ3) is 3.40. The number of carbonyl (C=O) groups excluding carboxylic acids is 1. The Morgan fingerprint density at radius 3 is 2.65 bits per heavy atom. The lowest BCUT2D eigenvalue weighted by atomic mass is 10.1. The molecular weight excluding hydrogens is 308 g/mol. The van der Waals surface area contributed by atoms with Crippen LogP contribution < -0.4 is 10.1 Å². The van der Waals surface area contributed by atoms with E-state index in [0.29, 0.717) is 16.4 Å². The van der Waals surface area contributed by atoms with Crippen LogP contribution >= 0.6 is 11.3 Å². The van der Waals surface area contributed by atoms with Crippen molar-refractivity contribution in [1.82, 2.24) is 4.98 Å². The summed E-state index contributed by atoms with van der Waals surface area (Å²) >= 11 is 1.47. The Bertz CT molecular complexity index is 828. The maximum atomic E-state index is 12.3. The van der Waals surface area contributed by atoms with Crippen molar-refractivity contribution < 1.29 is 9.53 Å². The van der Waals surface area contributed by atoms with Crippen molar-refractivity contribution in [3.8, 4) is 17.0 Å². The second-order valence-corrected chi connectivity index (χ2v) is 6.18. The molecule has 0 aliphatic heterocycles. The molecule has 5 heteroatoms. The highest BCUT2D eigenvalue weighted by molar-refractivity contribution is 7.16. The Balaban J connectivity index is 1.82. The lowest BCUT2D eigenvalue weighted by molar-refractivity contribution is 0.102. The molecule has 0 bridgehead atoms. The fourth-order valence-electron chi connectivity index (χ4n) is 2.25. The number of benzene rings is 2. The van der Waals surface area contributed by atoms with E-state index in [1.54, 1.807) is 31.4 Å². The largest absolute Gasteiger partial charge is 0.497 e. The van der Waals surface area contributed by atoms with Crippen molar-refractivity contribution in [2.75, 3.05) is 12.4 Å². The van der Waals surface area contributed by atoms with Gasteiger partial charge in [-0.1, -0.05) is 36.4 Å². The first-order chi connectivity index (χ1) is 11.2. The number of anilines is 1. The van der Waals surface area contributed by atoms with Crippen molar-refractivity contribution in [1.29, 1.82) is 0 Å². The quantitative estimate of drug-likeness (QED) is 0.775. The van der Waals surface area contributed by atoms with E-state index < -0.39 is 0 Å². The fraction of sp³-hybridized carbons (Fsp3) is 0.111. The van der Waals surface area contributed by atoms with E-state index in [2.05, 4.69) is 10.3 Å². The van der Waals surface area contributed by atoms with Crippen LogP contribution in [-0.4, -0.2) is 18.0 Å². The molecule has 1 heterocycles. The summed E-state index contributed by atoms with van der Waals surface area (Å²) in [6.45, 7) is 2.00. The molecule has 0 fully saturated rings. The van der Waals surface area contributed by atoms with Crippen molar-refractivity contribution in [3.05, 3.63) is 65.0 Å². The van der Waals surface area contributed by atoms with Crippen LogP contribution in [0.4, 0.5) is 5.13 Å². The molecule has 1 amide bonds. The van der Waals surface area contributed by atoms with Gasteiger partial charge in [-0.2, -0.15) is 0 Å². The molecule has 23 heavy (non-hydrogen) atoms. The number of nitrogens with one attached hydrogen (secondary N) is 1. The van der Waals surface area contributed by atoms with E-state index in [9.17, 15) is 4.79 Å². The Hall–Kier alpha value is -2.66. The molecule has 2 aromatic carbocycles. The predicted molar refractivity (Wildman–Crippen MR) is 93.2 cm³/mol. The van der Waals surface area contributed by atoms with Crippen LogP contribution in [0.3, 0.4) is 0 Å². The third-order valence-electron chi connectivity index (χ3n) is 3.40. The highest BCUT2D eigenvalue weighted by Gasteiger charge is 2.13. The summed E-state index contributed by atoms with van der Waals surface area (Å²) in [5.41, 5.74) is 2.48. The number of hydrogen-bond donors (Lipinski definition) is 1. The number of ether oxygens (including phenoxy) is 1. The van der Waals surface area contributed by atoms with E-state index >= 15 is 0 Å². The van der Waals surface area contributed by atoms with Crippen LogP contribution in [0.5, 0.6) is 5.75 Å². The predicted octanol–water partition coefficient (Wildman–Crippen LogP) is 4.38. The Labute approximate surface area is 138 Å². The van der Waals surface area contributed by atoms with Gasteiger partial charge in [0.05, 0.1) is 12.8 Å². The second kappa shape index (κ2) is 6.62. The lowest BCUT2D eigenvalue weighted by Gasteiger charge is -2.04. The zero-order valence-corrected chi connectivity index (χ0v) is 13.7. The molecule has 0 aliphatic rings. The molecule has 0 spiro atoms.